The van der Waals surface area contributed by atoms with E-state index in [4.69, 9.17) is 4.84 Å². The van der Waals surface area contributed by atoms with Crippen LogP contribution in [0.4, 0.5) is 8.78 Å². The van der Waals surface area contributed by atoms with E-state index in [0.29, 0.717) is 5.56 Å². The number of carbonyl (C=O) groups excluding carboxylic acids is 1. The Morgan fingerprint density at radius 1 is 1.00 bits per heavy atom. The third-order valence-electron chi connectivity index (χ3n) is 2.78. The fourth-order valence-electron chi connectivity index (χ4n) is 1.78. The molecule has 4 nitrogen and oxygen atoms in total. The van der Waals surface area contributed by atoms with Crippen LogP contribution in [0.2, 0.25) is 0 Å². The third-order valence-corrected chi connectivity index (χ3v) is 2.78. The highest BCUT2D eigenvalue weighted by Crippen LogP contribution is 2.15. The van der Waals surface area contributed by atoms with Crippen LogP contribution in [0.3, 0.4) is 0 Å². The topological polar surface area (TPSA) is 47.6 Å². The molecule has 0 aliphatic heterocycles. The summed E-state index contributed by atoms with van der Waals surface area (Å²) in [7, 11) is 0. The van der Waals surface area contributed by atoms with E-state index in [1.165, 1.54) is 12.1 Å². The van der Waals surface area contributed by atoms with E-state index in [-0.39, 0.29) is 24.7 Å². The summed E-state index contributed by atoms with van der Waals surface area (Å²) in [6.07, 6.45) is 0.0871. The number of hydrogen-bond acceptors (Lipinski definition) is 3. The van der Waals surface area contributed by atoms with Gasteiger partial charge in [-0.3, -0.25) is 9.63 Å². The van der Waals surface area contributed by atoms with E-state index in [0.717, 1.165) is 5.56 Å². The zero-order valence-electron chi connectivity index (χ0n) is 11.7. The molecule has 6 heteroatoms. The van der Waals surface area contributed by atoms with E-state index in [9.17, 15) is 13.6 Å². The summed E-state index contributed by atoms with van der Waals surface area (Å²) >= 11 is 0. The first kappa shape index (κ1) is 15.9. The van der Waals surface area contributed by atoms with Gasteiger partial charge in [0, 0.05) is 0 Å². The molecule has 1 amide bonds. The van der Waals surface area contributed by atoms with E-state index < -0.39 is 6.61 Å². The van der Waals surface area contributed by atoms with Crippen LogP contribution in [0.5, 0.6) is 5.75 Å². The van der Waals surface area contributed by atoms with Gasteiger partial charge in [-0.2, -0.15) is 8.78 Å². The van der Waals surface area contributed by atoms with Gasteiger partial charge < -0.3 is 4.74 Å². The van der Waals surface area contributed by atoms with Crippen LogP contribution in [0, 0.1) is 0 Å². The van der Waals surface area contributed by atoms with Crippen molar-refractivity contribution in [2.45, 2.75) is 19.6 Å². The molecule has 0 fully saturated rings. The van der Waals surface area contributed by atoms with E-state index in [2.05, 4.69) is 10.2 Å². The Balaban J connectivity index is 1.74. The first-order valence-electron chi connectivity index (χ1n) is 6.62. The summed E-state index contributed by atoms with van der Waals surface area (Å²) in [6, 6.07) is 15.3. The van der Waals surface area contributed by atoms with Crippen LogP contribution >= 0.6 is 0 Å². The molecule has 22 heavy (non-hydrogen) atoms. The molecule has 0 heterocycles. The number of amides is 1. The quantitative estimate of drug-likeness (QED) is 0.800. The molecule has 0 atom stereocenters. The molecule has 2 aromatic rings. The number of ether oxygens (including phenoxy) is 1. The number of alkyl halides is 2. The van der Waals surface area contributed by atoms with E-state index in [1.54, 1.807) is 12.1 Å². The number of nitrogens with one attached hydrogen (secondary N) is 1. The number of hydroxylamine groups is 1. The lowest BCUT2D eigenvalue weighted by atomic mass is 10.1. The molecule has 0 saturated carbocycles. The van der Waals surface area contributed by atoms with Gasteiger partial charge in [-0.25, -0.2) is 5.48 Å². The first-order valence-corrected chi connectivity index (χ1v) is 6.62. The highest BCUT2D eigenvalue weighted by atomic mass is 19.3. The number of rotatable bonds is 7. The van der Waals surface area contributed by atoms with E-state index in [1.807, 2.05) is 30.3 Å². The molecule has 0 unspecified atom stereocenters. The van der Waals surface area contributed by atoms with Gasteiger partial charge in [0.15, 0.2) is 0 Å². The van der Waals surface area contributed by atoms with Gasteiger partial charge in [-0.1, -0.05) is 42.5 Å². The standard InChI is InChI=1S/C16H15F2NO3/c17-16(18)22-14-8-6-12(7-9-14)10-15(20)19-21-11-13-4-2-1-3-5-13/h1-9,16H,10-11H2,(H,19,20). The summed E-state index contributed by atoms with van der Waals surface area (Å²) in [6.45, 7) is -2.59. The van der Waals surface area contributed by atoms with Crippen molar-refractivity contribution >= 4 is 5.91 Å². The van der Waals surface area contributed by atoms with Crippen LogP contribution in [-0.4, -0.2) is 12.5 Å². The highest BCUT2D eigenvalue weighted by Gasteiger charge is 2.06. The molecule has 2 rings (SSSR count). The van der Waals surface area contributed by atoms with Gasteiger partial charge in [0.25, 0.3) is 0 Å². The van der Waals surface area contributed by atoms with Gasteiger partial charge in [0.05, 0.1) is 13.0 Å². The van der Waals surface area contributed by atoms with Crippen molar-refractivity contribution in [3.05, 3.63) is 65.7 Å². The lowest BCUT2D eigenvalue weighted by molar-refractivity contribution is -0.133. The van der Waals surface area contributed by atoms with Crippen molar-refractivity contribution in [1.29, 1.82) is 0 Å². The van der Waals surface area contributed by atoms with Crippen molar-refractivity contribution < 1.29 is 23.1 Å². The summed E-state index contributed by atoms with van der Waals surface area (Å²) in [5, 5.41) is 0. The fraction of sp³-hybridized carbons (Fsp3) is 0.188. The maximum absolute atomic E-state index is 12.0. The minimum atomic E-state index is -2.86. The molecule has 0 aliphatic rings. The highest BCUT2D eigenvalue weighted by molar-refractivity contribution is 5.77. The molecule has 0 aromatic heterocycles. The molecule has 0 radical (unpaired) electrons. The molecule has 0 bridgehead atoms. The summed E-state index contributed by atoms with van der Waals surface area (Å²) in [5.74, 6) is -0.266. The number of carbonyl (C=O) groups is 1. The lowest BCUT2D eigenvalue weighted by Gasteiger charge is -2.07. The Hall–Kier alpha value is -2.47. The summed E-state index contributed by atoms with van der Waals surface area (Å²) < 4.78 is 28.2. The Labute approximate surface area is 126 Å². The first-order chi connectivity index (χ1) is 10.6. The number of benzene rings is 2. The molecular formula is C16H15F2NO3. The predicted octanol–water partition coefficient (Wildman–Crippen LogP) is 3.08. The second-order valence-electron chi connectivity index (χ2n) is 4.50. The summed E-state index contributed by atoms with van der Waals surface area (Å²) in [5.41, 5.74) is 3.95. The van der Waals surface area contributed by atoms with Crippen LogP contribution in [0.1, 0.15) is 11.1 Å². The Kier molecular flexibility index (Phi) is 5.85. The number of hydrogen-bond donors (Lipinski definition) is 1. The minimum Gasteiger partial charge on any atom is -0.435 e. The summed E-state index contributed by atoms with van der Waals surface area (Å²) in [4.78, 5) is 16.8. The fourth-order valence-corrected chi connectivity index (χ4v) is 1.78. The van der Waals surface area contributed by atoms with Crippen molar-refractivity contribution in [3.8, 4) is 5.75 Å². The monoisotopic (exact) mass is 307 g/mol. The zero-order valence-corrected chi connectivity index (χ0v) is 11.7. The van der Waals surface area contributed by atoms with Crippen molar-refractivity contribution in [1.82, 2.24) is 5.48 Å². The third kappa shape index (κ3) is 5.49. The number of halogens is 2. The molecule has 2 aromatic carbocycles. The van der Waals surface area contributed by atoms with Gasteiger partial charge in [-0.05, 0) is 23.3 Å². The Bertz CT molecular complexity index is 588. The van der Waals surface area contributed by atoms with Gasteiger partial charge >= 0.3 is 6.61 Å². The van der Waals surface area contributed by atoms with Crippen molar-refractivity contribution in [2.24, 2.45) is 0 Å². The normalized spacial score (nSPS) is 10.5. The second-order valence-corrected chi connectivity index (χ2v) is 4.50. The molecular weight excluding hydrogens is 292 g/mol. The zero-order chi connectivity index (χ0) is 15.8. The second kappa shape index (κ2) is 8.09. The van der Waals surface area contributed by atoms with Gasteiger partial charge in [-0.15, -0.1) is 0 Å². The smallest absolute Gasteiger partial charge is 0.387 e. The molecule has 0 saturated heterocycles. The average molecular weight is 307 g/mol. The maximum atomic E-state index is 12.0. The van der Waals surface area contributed by atoms with Crippen LogP contribution in [0.25, 0.3) is 0 Å². The average Bonchev–Trinajstić information content (AvgIpc) is 2.50. The minimum absolute atomic E-state index is 0.0551. The van der Waals surface area contributed by atoms with Crippen LogP contribution < -0.4 is 10.2 Å². The molecule has 116 valence electrons. The van der Waals surface area contributed by atoms with Crippen LogP contribution in [-0.2, 0) is 22.7 Å². The van der Waals surface area contributed by atoms with Gasteiger partial charge in [0.1, 0.15) is 5.75 Å². The van der Waals surface area contributed by atoms with Crippen molar-refractivity contribution in [2.75, 3.05) is 0 Å². The Morgan fingerprint density at radius 3 is 2.32 bits per heavy atom. The SMILES string of the molecule is O=C(Cc1ccc(OC(F)F)cc1)NOCc1ccccc1. The molecule has 1 N–H and O–H groups in total. The lowest BCUT2D eigenvalue weighted by Crippen LogP contribution is -2.25. The van der Waals surface area contributed by atoms with Crippen molar-refractivity contribution in [3.63, 3.8) is 0 Å². The molecule has 0 spiro atoms. The van der Waals surface area contributed by atoms with E-state index >= 15 is 0 Å². The predicted molar refractivity (Wildman–Crippen MR) is 76.2 cm³/mol. The Morgan fingerprint density at radius 2 is 1.68 bits per heavy atom. The molecule has 0 aliphatic carbocycles. The largest absolute Gasteiger partial charge is 0.435 e. The van der Waals surface area contributed by atoms with Crippen LogP contribution in [0.15, 0.2) is 54.6 Å². The maximum Gasteiger partial charge on any atom is 0.387 e. The van der Waals surface area contributed by atoms with Gasteiger partial charge in [0.2, 0.25) is 5.91 Å².